The SMILES string of the molecule is CC(Sc1ccc(Cl)cc1)C(=O)NN=Cc1cc2c(cc1Br)OCO2. The van der Waals surface area contributed by atoms with Gasteiger partial charge in [-0.25, -0.2) is 5.43 Å². The van der Waals surface area contributed by atoms with Crippen molar-refractivity contribution in [3.8, 4) is 11.5 Å². The molecule has 0 aromatic heterocycles. The molecule has 1 aliphatic rings. The summed E-state index contributed by atoms with van der Waals surface area (Å²) in [7, 11) is 0. The van der Waals surface area contributed by atoms with Gasteiger partial charge < -0.3 is 9.47 Å². The topological polar surface area (TPSA) is 59.9 Å². The van der Waals surface area contributed by atoms with Gasteiger partial charge in [-0.3, -0.25) is 4.79 Å². The minimum absolute atomic E-state index is 0.187. The van der Waals surface area contributed by atoms with Crippen LogP contribution in [-0.4, -0.2) is 24.2 Å². The van der Waals surface area contributed by atoms with Crippen LogP contribution < -0.4 is 14.9 Å². The summed E-state index contributed by atoms with van der Waals surface area (Å²) in [6, 6.07) is 11.0. The zero-order chi connectivity index (χ0) is 17.8. The van der Waals surface area contributed by atoms with Crippen LogP contribution in [0.2, 0.25) is 5.02 Å². The first-order valence-electron chi connectivity index (χ1n) is 7.37. The summed E-state index contributed by atoms with van der Waals surface area (Å²) in [5.74, 6) is 1.15. The fourth-order valence-corrected chi connectivity index (χ4v) is 3.47. The van der Waals surface area contributed by atoms with E-state index in [0.29, 0.717) is 16.5 Å². The Labute approximate surface area is 162 Å². The van der Waals surface area contributed by atoms with Gasteiger partial charge >= 0.3 is 0 Å². The molecule has 25 heavy (non-hydrogen) atoms. The molecule has 1 N–H and O–H groups in total. The standard InChI is InChI=1S/C17H14BrClN2O3S/c1-10(25-13-4-2-12(19)3-5-13)17(22)21-20-8-11-6-15-16(7-14(11)18)24-9-23-15/h2-8,10H,9H2,1H3,(H,21,22). The van der Waals surface area contributed by atoms with Crippen molar-refractivity contribution in [2.24, 2.45) is 5.10 Å². The van der Waals surface area contributed by atoms with Gasteiger partial charge in [0, 0.05) is 20.0 Å². The van der Waals surface area contributed by atoms with Gasteiger partial charge in [-0.15, -0.1) is 11.8 Å². The number of fused-ring (bicyclic) bond motifs is 1. The molecule has 2 aromatic rings. The van der Waals surface area contributed by atoms with Crippen LogP contribution in [0.25, 0.3) is 0 Å². The summed E-state index contributed by atoms with van der Waals surface area (Å²) in [6.45, 7) is 2.03. The van der Waals surface area contributed by atoms with Crippen molar-refractivity contribution in [2.45, 2.75) is 17.1 Å². The third-order valence-electron chi connectivity index (χ3n) is 3.37. The largest absolute Gasteiger partial charge is 0.454 e. The minimum Gasteiger partial charge on any atom is -0.454 e. The Bertz CT molecular complexity index is 814. The first kappa shape index (κ1) is 18.1. The van der Waals surface area contributed by atoms with Crippen LogP contribution in [0.3, 0.4) is 0 Å². The molecule has 1 atom stereocenters. The Morgan fingerprint density at radius 2 is 2.00 bits per heavy atom. The number of benzene rings is 2. The Hall–Kier alpha value is -1.70. The average molecular weight is 442 g/mol. The first-order chi connectivity index (χ1) is 12.0. The molecule has 1 heterocycles. The van der Waals surface area contributed by atoms with Crippen molar-refractivity contribution in [2.75, 3.05) is 6.79 Å². The molecule has 0 bridgehead atoms. The highest BCUT2D eigenvalue weighted by Gasteiger charge is 2.16. The van der Waals surface area contributed by atoms with E-state index in [1.807, 2.05) is 25.1 Å². The van der Waals surface area contributed by atoms with Crippen LogP contribution in [0.4, 0.5) is 0 Å². The van der Waals surface area contributed by atoms with E-state index in [-0.39, 0.29) is 18.0 Å². The number of nitrogens with zero attached hydrogens (tertiary/aromatic N) is 1. The summed E-state index contributed by atoms with van der Waals surface area (Å²) >= 11 is 10.7. The molecule has 0 radical (unpaired) electrons. The normalized spacial score (nSPS) is 13.9. The number of carbonyl (C=O) groups is 1. The highest BCUT2D eigenvalue weighted by molar-refractivity contribution is 9.10. The van der Waals surface area contributed by atoms with Crippen molar-refractivity contribution >= 4 is 51.4 Å². The van der Waals surface area contributed by atoms with Gasteiger partial charge in [0.05, 0.1) is 11.5 Å². The molecule has 3 rings (SSSR count). The lowest BCUT2D eigenvalue weighted by atomic mass is 10.2. The molecular weight excluding hydrogens is 428 g/mol. The Kier molecular flexibility index (Phi) is 5.88. The minimum atomic E-state index is -0.293. The molecule has 0 aliphatic carbocycles. The van der Waals surface area contributed by atoms with Gasteiger partial charge in [0.15, 0.2) is 11.5 Å². The molecule has 8 heteroatoms. The number of thioether (sulfide) groups is 1. The number of hydrazone groups is 1. The van der Waals surface area contributed by atoms with Crippen LogP contribution >= 0.6 is 39.3 Å². The van der Waals surface area contributed by atoms with Crippen molar-refractivity contribution in [3.63, 3.8) is 0 Å². The maximum Gasteiger partial charge on any atom is 0.253 e. The van der Waals surface area contributed by atoms with Crippen LogP contribution in [0.15, 0.2) is 50.9 Å². The molecule has 1 aliphatic heterocycles. The number of halogens is 2. The molecule has 0 saturated heterocycles. The quantitative estimate of drug-likeness (QED) is 0.423. The predicted molar refractivity (Wildman–Crippen MR) is 103 cm³/mol. The zero-order valence-corrected chi connectivity index (χ0v) is 16.3. The summed E-state index contributed by atoms with van der Waals surface area (Å²) < 4.78 is 11.4. The number of ether oxygens (including phenoxy) is 2. The summed E-state index contributed by atoms with van der Waals surface area (Å²) in [4.78, 5) is 13.1. The van der Waals surface area contributed by atoms with Crippen molar-refractivity contribution in [1.29, 1.82) is 0 Å². The lowest BCUT2D eigenvalue weighted by molar-refractivity contribution is -0.120. The molecule has 130 valence electrons. The second-order valence-electron chi connectivity index (χ2n) is 5.18. The van der Waals surface area contributed by atoms with E-state index in [1.165, 1.54) is 11.8 Å². The molecule has 1 amide bonds. The fraction of sp³-hybridized carbons (Fsp3) is 0.176. The molecule has 1 unspecified atom stereocenters. The second-order valence-corrected chi connectivity index (χ2v) is 7.88. The van der Waals surface area contributed by atoms with Gasteiger partial charge in [-0.2, -0.15) is 5.10 Å². The Balaban J connectivity index is 1.58. The third-order valence-corrected chi connectivity index (χ3v) is 5.42. The molecule has 0 saturated carbocycles. The van der Waals surface area contributed by atoms with Gasteiger partial charge in [0.25, 0.3) is 5.91 Å². The maximum absolute atomic E-state index is 12.1. The molecule has 0 spiro atoms. The van der Waals surface area contributed by atoms with Crippen LogP contribution in [0.1, 0.15) is 12.5 Å². The average Bonchev–Trinajstić information content (AvgIpc) is 3.04. The van der Waals surface area contributed by atoms with Gasteiger partial charge in [0.2, 0.25) is 6.79 Å². The predicted octanol–water partition coefficient (Wildman–Crippen LogP) is 4.46. The molecule has 2 aromatic carbocycles. The summed E-state index contributed by atoms with van der Waals surface area (Å²) in [5.41, 5.74) is 3.33. The van der Waals surface area contributed by atoms with Gasteiger partial charge in [-0.1, -0.05) is 11.6 Å². The number of nitrogens with one attached hydrogen (secondary N) is 1. The zero-order valence-electron chi connectivity index (χ0n) is 13.2. The number of amides is 1. The number of hydrogen-bond acceptors (Lipinski definition) is 5. The second kappa shape index (κ2) is 8.12. The summed E-state index contributed by atoms with van der Waals surface area (Å²) in [5, 5.41) is 4.39. The first-order valence-corrected chi connectivity index (χ1v) is 9.42. The van der Waals surface area contributed by atoms with Crippen molar-refractivity contribution in [1.82, 2.24) is 5.43 Å². The molecule has 5 nitrogen and oxygen atoms in total. The lowest BCUT2D eigenvalue weighted by Crippen LogP contribution is -2.26. The highest BCUT2D eigenvalue weighted by atomic mass is 79.9. The van der Waals surface area contributed by atoms with E-state index in [0.717, 1.165) is 14.9 Å². The maximum atomic E-state index is 12.1. The van der Waals surface area contributed by atoms with Gasteiger partial charge in [-0.05, 0) is 59.3 Å². The Morgan fingerprint density at radius 3 is 2.72 bits per heavy atom. The summed E-state index contributed by atoms with van der Waals surface area (Å²) in [6.07, 6.45) is 1.56. The lowest BCUT2D eigenvalue weighted by Gasteiger charge is -2.09. The van der Waals surface area contributed by atoms with E-state index in [9.17, 15) is 4.79 Å². The van der Waals surface area contributed by atoms with E-state index < -0.39 is 0 Å². The van der Waals surface area contributed by atoms with Crippen LogP contribution in [-0.2, 0) is 4.79 Å². The van der Waals surface area contributed by atoms with Crippen molar-refractivity contribution < 1.29 is 14.3 Å². The van der Waals surface area contributed by atoms with Crippen LogP contribution in [0.5, 0.6) is 11.5 Å². The fourth-order valence-electron chi connectivity index (χ4n) is 2.06. The van der Waals surface area contributed by atoms with E-state index in [4.69, 9.17) is 21.1 Å². The number of hydrogen-bond donors (Lipinski definition) is 1. The highest BCUT2D eigenvalue weighted by Crippen LogP contribution is 2.36. The smallest absolute Gasteiger partial charge is 0.253 e. The number of carbonyl (C=O) groups excluding carboxylic acids is 1. The number of rotatable bonds is 5. The van der Waals surface area contributed by atoms with E-state index in [1.54, 1.807) is 24.4 Å². The third kappa shape index (κ3) is 4.68. The van der Waals surface area contributed by atoms with E-state index in [2.05, 4.69) is 26.5 Å². The monoisotopic (exact) mass is 440 g/mol. The van der Waals surface area contributed by atoms with Gasteiger partial charge in [0.1, 0.15) is 0 Å². The van der Waals surface area contributed by atoms with E-state index >= 15 is 0 Å². The van der Waals surface area contributed by atoms with Crippen LogP contribution in [0, 0.1) is 0 Å². The molecular formula is C17H14BrClN2O3S. The Morgan fingerprint density at radius 1 is 1.32 bits per heavy atom. The molecule has 0 fully saturated rings. The van der Waals surface area contributed by atoms with Crippen molar-refractivity contribution in [3.05, 3.63) is 51.5 Å².